The van der Waals surface area contributed by atoms with Crippen LogP contribution in [0.1, 0.15) is 25.3 Å². The third kappa shape index (κ3) is 6.28. The monoisotopic (exact) mass is 485 g/mol. The standard InChI is InChI=1S/C21H27NO8S2/c1-3-4-5-16-6-10-18(11-7-16)31(26,27)14-21(24,20(23)22-25)15-32(28,29)19-12-8-17(30-2)9-13-19/h6-13,24-25H,3-5,14-15H2,1-2H3,(H,22,23). The number of carbonyl (C=O) groups excluding carboxylic acids is 1. The van der Waals surface area contributed by atoms with Gasteiger partial charge in [0.2, 0.25) is 0 Å². The second-order valence-corrected chi connectivity index (χ2v) is 11.4. The highest BCUT2D eigenvalue weighted by molar-refractivity contribution is 7.92. The van der Waals surface area contributed by atoms with Gasteiger partial charge in [0, 0.05) is 0 Å². The van der Waals surface area contributed by atoms with E-state index in [9.17, 15) is 26.7 Å². The molecule has 0 aliphatic heterocycles. The van der Waals surface area contributed by atoms with Crippen molar-refractivity contribution in [2.45, 2.75) is 41.6 Å². The van der Waals surface area contributed by atoms with Crippen LogP contribution in [0.25, 0.3) is 0 Å². The fourth-order valence-electron chi connectivity index (χ4n) is 3.10. The first-order valence-electron chi connectivity index (χ1n) is 9.83. The number of hydroxylamine groups is 1. The van der Waals surface area contributed by atoms with Gasteiger partial charge in [0.1, 0.15) is 5.75 Å². The van der Waals surface area contributed by atoms with Crippen molar-refractivity contribution in [3.63, 3.8) is 0 Å². The Balaban J connectivity index is 2.34. The average molecular weight is 486 g/mol. The van der Waals surface area contributed by atoms with Gasteiger partial charge in [-0.05, 0) is 54.8 Å². The van der Waals surface area contributed by atoms with Crippen LogP contribution in [-0.2, 0) is 30.9 Å². The van der Waals surface area contributed by atoms with Crippen molar-refractivity contribution >= 4 is 25.6 Å². The van der Waals surface area contributed by atoms with Crippen LogP contribution in [0.5, 0.6) is 5.75 Å². The van der Waals surface area contributed by atoms with Crippen LogP contribution in [0, 0.1) is 0 Å². The summed E-state index contributed by atoms with van der Waals surface area (Å²) in [5.41, 5.74) is -0.844. The van der Waals surface area contributed by atoms with Gasteiger partial charge in [-0.15, -0.1) is 0 Å². The number of nitrogens with one attached hydrogen (secondary N) is 1. The van der Waals surface area contributed by atoms with Crippen LogP contribution in [0.15, 0.2) is 58.3 Å². The molecule has 2 aromatic rings. The number of hydrogen-bond acceptors (Lipinski definition) is 8. The Bertz CT molecular complexity index is 1130. The molecule has 176 valence electrons. The molecule has 0 spiro atoms. The number of sulfone groups is 2. The van der Waals surface area contributed by atoms with E-state index < -0.39 is 42.7 Å². The van der Waals surface area contributed by atoms with Crippen molar-refractivity contribution in [1.82, 2.24) is 5.48 Å². The predicted molar refractivity (Wildman–Crippen MR) is 117 cm³/mol. The summed E-state index contributed by atoms with van der Waals surface area (Å²) < 4.78 is 56.3. The summed E-state index contributed by atoms with van der Waals surface area (Å²) in [7, 11) is -7.20. The molecule has 0 aromatic heterocycles. The van der Waals surface area contributed by atoms with Gasteiger partial charge in [-0.2, -0.15) is 0 Å². The number of ether oxygens (including phenoxy) is 1. The summed E-state index contributed by atoms with van der Waals surface area (Å²) in [5.74, 6) is -3.65. The summed E-state index contributed by atoms with van der Waals surface area (Å²) >= 11 is 0. The fourth-order valence-corrected chi connectivity index (χ4v) is 6.39. The summed E-state index contributed by atoms with van der Waals surface area (Å²) in [6.07, 6.45) is 2.69. The molecular weight excluding hydrogens is 458 g/mol. The maximum atomic E-state index is 12.9. The van der Waals surface area contributed by atoms with E-state index in [1.807, 2.05) is 6.92 Å². The van der Waals surface area contributed by atoms with Crippen molar-refractivity contribution < 1.29 is 36.7 Å². The third-order valence-corrected chi connectivity index (χ3v) is 8.60. The SMILES string of the molecule is CCCCc1ccc(S(=O)(=O)CC(O)(CS(=O)(=O)c2ccc(OC)cc2)C(=O)NO)cc1. The largest absolute Gasteiger partial charge is 0.497 e. The molecule has 0 radical (unpaired) electrons. The van der Waals surface area contributed by atoms with Crippen molar-refractivity contribution in [3.05, 3.63) is 54.1 Å². The minimum Gasteiger partial charge on any atom is -0.497 e. The Kier molecular flexibility index (Phi) is 8.41. The quantitative estimate of drug-likeness (QED) is 0.321. The van der Waals surface area contributed by atoms with Gasteiger partial charge in [0.05, 0.1) is 28.4 Å². The van der Waals surface area contributed by atoms with Crippen molar-refractivity contribution in [2.75, 3.05) is 18.6 Å². The zero-order chi connectivity index (χ0) is 24.0. The first-order valence-corrected chi connectivity index (χ1v) is 13.1. The van der Waals surface area contributed by atoms with Gasteiger partial charge in [0.25, 0.3) is 5.91 Å². The number of unbranched alkanes of at least 4 members (excludes halogenated alkanes) is 1. The number of rotatable bonds is 11. The summed E-state index contributed by atoms with van der Waals surface area (Å²) in [6, 6.07) is 11.1. The van der Waals surface area contributed by atoms with Gasteiger partial charge in [-0.25, -0.2) is 22.3 Å². The summed E-state index contributed by atoms with van der Waals surface area (Å²) in [5, 5.41) is 19.8. The van der Waals surface area contributed by atoms with Crippen LogP contribution < -0.4 is 10.2 Å². The van der Waals surface area contributed by atoms with Crippen LogP contribution in [-0.4, -0.2) is 57.3 Å². The Morgan fingerprint density at radius 3 is 1.81 bits per heavy atom. The molecule has 0 saturated carbocycles. The highest BCUT2D eigenvalue weighted by Gasteiger charge is 2.45. The van der Waals surface area contributed by atoms with Crippen LogP contribution >= 0.6 is 0 Å². The molecule has 0 aliphatic carbocycles. The van der Waals surface area contributed by atoms with E-state index in [0.29, 0.717) is 5.75 Å². The lowest BCUT2D eigenvalue weighted by Gasteiger charge is -2.25. The highest BCUT2D eigenvalue weighted by atomic mass is 32.2. The molecule has 0 saturated heterocycles. The van der Waals surface area contributed by atoms with Gasteiger partial charge in [-0.3, -0.25) is 10.0 Å². The normalized spacial score (nSPS) is 13.9. The number of aryl methyl sites for hydroxylation is 1. The second kappa shape index (κ2) is 10.4. The molecule has 9 nitrogen and oxygen atoms in total. The Morgan fingerprint density at radius 1 is 0.938 bits per heavy atom. The van der Waals surface area contributed by atoms with E-state index in [0.717, 1.165) is 24.8 Å². The average Bonchev–Trinajstić information content (AvgIpc) is 2.76. The molecule has 2 aromatic carbocycles. The molecule has 0 aliphatic rings. The van der Waals surface area contributed by atoms with Crippen LogP contribution in [0.4, 0.5) is 0 Å². The van der Waals surface area contributed by atoms with Crippen LogP contribution in [0.3, 0.4) is 0 Å². The van der Waals surface area contributed by atoms with Crippen molar-refractivity contribution in [3.8, 4) is 5.75 Å². The number of hydrogen-bond donors (Lipinski definition) is 3. The van der Waals surface area contributed by atoms with Crippen molar-refractivity contribution in [2.24, 2.45) is 0 Å². The number of aliphatic hydroxyl groups is 1. The molecule has 1 amide bonds. The van der Waals surface area contributed by atoms with Gasteiger partial charge >= 0.3 is 0 Å². The Morgan fingerprint density at radius 2 is 1.41 bits per heavy atom. The predicted octanol–water partition coefficient (Wildman–Crippen LogP) is 1.52. The zero-order valence-corrected chi connectivity index (χ0v) is 19.4. The first kappa shape index (κ1) is 25.8. The minimum atomic E-state index is -4.31. The maximum absolute atomic E-state index is 12.9. The van der Waals surface area contributed by atoms with E-state index in [4.69, 9.17) is 9.94 Å². The zero-order valence-electron chi connectivity index (χ0n) is 17.8. The lowest BCUT2D eigenvalue weighted by molar-refractivity contribution is -0.144. The number of methoxy groups -OCH3 is 1. The fraction of sp³-hybridized carbons (Fsp3) is 0.381. The van der Waals surface area contributed by atoms with E-state index in [-0.39, 0.29) is 9.79 Å². The molecule has 1 unspecified atom stereocenters. The Hall–Kier alpha value is -2.47. The van der Waals surface area contributed by atoms with E-state index >= 15 is 0 Å². The second-order valence-electron chi connectivity index (χ2n) is 7.41. The van der Waals surface area contributed by atoms with Crippen LogP contribution in [0.2, 0.25) is 0 Å². The number of benzene rings is 2. The van der Waals surface area contributed by atoms with E-state index in [2.05, 4.69) is 0 Å². The molecule has 0 bridgehead atoms. The van der Waals surface area contributed by atoms with Gasteiger partial charge in [-0.1, -0.05) is 25.5 Å². The summed E-state index contributed by atoms with van der Waals surface area (Å²) in [6.45, 7) is 2.03. The molecule has 11 heteroatoms. The minimum absolute atomic E-state index is 0.177. The number of carbonyl (C=O) groups is 1. The van der Waals surface area contributed by atoms with E-state index in [1.165, 1.54) is 49.0 Å². The van der Waals surface area contributed by atoms with Crippen molar-refractivity contribution in [1.29, 1.82) is 0 Å². The third-order valence-electron chi connectivity index (χ3n) is 4.90. The number of amides is 1. The molecule has 0 fully saturated rings. The molecule has 3 N–H and O–H groups in total. The Labute approximate surface area is 187 Å². The lowest BCUT2D eigenvalue weighted by atomic mass is 10.1. The van der Waals surface area contributed by atoms with Gasteiger partial charge in [0.15, 0.2) is 25.3 Å². The highest BCUT2D eigenvalue weighted by Crippen LogP contribution is 2.24. The first-order chi connectivity index (χ1) is 15.0. The van der Waals surface area contributed by atoms with Gasteiger partial charge < -0.3 is 9.84 Å². The molecule has 0 heterocycles. The molecule has 2 rings (SSSR count). The van der Waals surface area contributed by atoms with E-state index in [1.54, 1.807) is 12.1 Å². The molecular formula is C21H27NO8S2. The maximum Gasteiger partial charge on any atom is 0.277 e. The molecule has 32 heavy (non-hydrogen) atoms. The summed E-state index contributed by atoms with van der Waals surface area (Å²) in [4.78, 5) is 11.7. The molecule has 1 atom stereocenters. The smallest absolute Gasteiger partial charge is 0.277 e. The topological polar surface area (TPSA) is 147 Å². The lowest BCUT2D eigenvalue weighted by Crippen LogP contribution is -2.55.